The first-order chi connectivity index (χ1) is 17.9. The molecule has 4 aromatic rings. The van der Waals surface area contributed by atoms with Crippen LogP contribution in [0, 0.1) is 0 Å². The van der Waals surface area contributed by atoms with Gasteiger partial charge in [0.25, 0.3) is 5.91 Å². The molecule has 4 rings (SSSR count). The first kappa shape index (κ1) is 26.9. The van der Waals surface area contributed by atoms with Crippen molar-refractivity contribution in [2.45, 2.75) is 24.7 Å². The van der Waals surface area contributed by atoms with Crippen LogP contribution in [0.1, 0.15) is 29.1 Å². The molecule has 0 bridgehead atoms. The van der Waals surface area contributed by atoms with E-state index in [4.69, 9.17) is 23.2 Å². The zero-order valence-electron chi connectivity index (χ0n) is 19.6. The molecule has 0 unspecified atom stereocenters. The highest BCUT2D eigenvalue weighted by atomic mass is 35.5. The molecule has 0 saturated heterocycles. The van der Waals surface area contributed by atoms with Crippen molar-refractivity contribution < 1.29 is 9.59 Å². The Morgan fingerprint density at radius 1 is 1.19 bits per heavy atom. The molecule has 0 aliphatic rings. The Hall–Kier alpha value is -3.18. The molecule has 12 heteroatoms. The van der Waals surface area contributed by atoms with E-state index in [0.717, 1.165) is 11.3 Å². The Labute approximate surface area is 232 Å². The maximum Gasteiger partial charge on any atom is 0.253 e. The number of thiazole rings is 1. The molecule has 2 N–H and O–H groups in total. The molecule has 0 aliphatic carbocycles. The lowest BCUT2D eigenvalue weighted by Gasteiger charge is -2.15. The molecule has 0 radical (unpaired) electrons. The smallest absolute Gasteiger partial charge is 0.253 e. The Kier molecular flexibility index (Phi) is 8.99. The standard InChI is InChI=1S/C25H22Cl2N6O2S2/c1-3-11-33-22(15(2)28-23(35)18-10-9-17(26)12-19(18)27)31-32-25(33)37-14-21(34)30-24-29-20(13-36-24)16-7-5-4-6-8-16/h3-10,12-13,15H,1,11,14H2,2H3,(H,28,35)(H,29,30,34)/t15-/m1/s1. The Balaban J connectivity index is 1.39. The lowest BCUT2D eigenvalue weighted by molar-refractivity contribution is -0.113. The molecular weight excluding hydrogens is 551 g/mol. The fraction of sp³-hybridized carbons (Fsp3) is 0.160. The van der Waals surface area contributed by atoms with Crippen molar-refractivity contribution in [3.8, 4) is 11.3 Å². The number of nitrogens with one attached hydrogen (secondary N) is 2. The van der Waals surface area contributed by atoms with Crippen molar-refractivity contribution in [3.05, 3.63) is 88.0 Å². The second-order valence-corrected chi connectivity index (χ2v) is 10.4. The number of benzene rings is 2. The summed E-state index contributed by atoms with van der Waals surface area (Å²) in [4.78, 5) is 29.8. The fourth-order valence-corrected chi connectivity index (χ4v) is 5.38. The number of anilines is 1. The molecule has 2 amide bonds. The number of amides is 2. The molecule has 0 saturated carbocycles. The quantitative estimate of drug-likeness (QED) is 0.175. The van der Waals surface area contributed by atoms with E-state index >= 15 is 0 Å². The third-order valence-corrected chi connectivity index (χ3v) is 7.39. The lowest BCUT2D eigenvalue weighted by Crippen LogP contribution is -2.29. The highest BCUT2D eigenvalue weighted by Crippen LogP contribution is 2.26. The van der Waals surface area contributed by atoms with Crippen LogP contribution in [-0.4, -0.2) is 37.3 Å². The predicted molar refractivity (Wildman–Crippen MR) is 149 cm³/mol. The summed E-state index contributed by atoms with van der Waals surface area (Å²) in [7, 11) is 0. The monoisotopic (exact) mass is 572 g/mol. The minimum absolute atomic E-state index is 0.108. The first-order valence-corrected chi connectivity index (χ1v) is 13.7. The summed E-state index contributed by atoms with van der Waals surface area (Å²) in [6.45, 7) is 5.99. The molecule has 190 valence electrons. The number of nitrogens with zero attached hydrogens (tertiary/aromatic N) is 4. The second kappa shape index (κ2) is 12.4. The number of hydrogen-bond donors (Lipinski definition) is 2. The van der Waals surface area contributed by atoms with E-state index in [1.54, 1.807) is 29.7 Å². The van der Waals surface area contributed by atoms with Gasteiger partial charge in [0, 0.05) is 22.5 Å². The molecule has 1 atom stereocenters. The number of thioether (sulfide) groups is 1. The van der Waals surface area contributed by atoms with Gasteiger partial charge in [0.15, 0.2) is 16.1 Å². The number of aromatic nitrogens is 4. The third kappa shape index (κ3) is 6.78. The summed E-state index contributed by atoms with van der Waals surface area (Å²) in [6, 6.07) is 13.9. The zero-order valence-corrected chi connectivity index (χ0v) is 22.8. The van der Waals surface area contributed by atoms with Gasteiger partial charge in [-0.05, 0) is 25.1 Å². The van der Waals surface area contributed by atoms with Gasteiger partial charge in [-0.25, -0.2) is 4.98 Å². The first-order valence-electron chi connectivity index (χ1n) is 11.1. The van der Waals surface area contributed by atoms with Crippen molar-refractivity contribution in [2.75, 3.05) is 11.1 Å². The van der Waals surface area contributed by atoms with Gasteiger partial charge >= 0.3 is 0 Å². The van der Waals surface area contributed by atoms with E-state index < -0.39 is 6.04 Å². The highest BCUT2D eigenvalue weighted by molar-refractivity contribution is 7.99. The maximum absolute atomic E-state index is 12.7. The SMILES string of the molecule is C=CCn1c(SCC(=O)Nc2nc(-c3ccccc3)cs2)nnc1[C@@H](C)NC(=O)c1ccc(Cl)cc1Cl. The van der Waals surface area contributed by atoms with E-state index in [-0.39, 0.29) is 22.6 Å². The van der Waals surface area contributed by atoms with Crippen LogP contribution in [-0.2, 0) is 11.3 Å². The minimum Gasteiger partial charge on any atom is -0.342 e. The second-order valence-electron chi connectivity index (χ2n) is 7.80. The molecule has 2 aromatic carbocycles. The van der Waals surface area contributed by atoms with Crippen LogP contribution in [0.25, 0.3) is 11.3 Å². The maximum atomic E-state index is 12.7. The van der Waals surface area contributed by atoms with E-state index in [1.165, 1.54) is 29.2 Å². The van der Waals surface area contributed by atoms with Crippen LogP contribution in [0.15, 0.2) is 71.7 Å². The van der Waals surface area contributed by atoms with Gasteiger partial charge in [-0.3, -0.25) is 9.59 Å². The lowest BCUT2D eigenvalue weighted by atomic mass is 10.2. The molecule has 0 aliphatic heterocycles. The van der Waals surface area contributed by atoms with E-state index in [9.17, 15) is 9.59 Å². The molecule has 2 aromatic heterocycles. The molecule has 0 spiro atoms. The minimum atomic E-state index is -0.485. The number of halogens is 2. The topological polar surface area (TPSA) is 102 Å². The average Bonchev–Trinajstić information content (AvgIpc) is 3.50. The summed E-state index contributed by atoms with van der Waals surface area (Å²) in [5.41, 5.74) is 2.09. The normalized spacial score (nSPS) is 11.6. The molecular formula is C25H22Cl2N6O2S2. The summed E-state index contributed by atoms with van der Waals surface area (Å²) in [6.07, 6.45) is 1.70. The number of rotatable bonds is 10. The highest BCUT2D eigenvalue weighted by Gasteiger charge is 2.21. The summed E-state index contributed by atoms with van der Waals surface area (Å²) in [5.74, 6) is 0.0479. The summed E-state index contributed by atoms with van der Waals surface area (Å²) >= 11 is 14.7. The number of carbonyl (C=O) groups excluding carboxylic acids is 2. The van der Waals surface area contributed by atoms with Gasteiger partial charge in [0.05, 0.1) is 28.1 Å². The van der Waals surface area contributed by atoms with Crippen molar-refractivity contribution in [1.29, 1.82) is 0 Å². The number of carbonyl (C=O) groups is 2. The van der Waals surface area contributed by atoms with Gasteiger partial charge in [-0.1, -0.05) is 71.4 Å². The van der Waals surface area contributed by atoms with E-state index in [2.05, 4.69) is 32.4 Å². The van der Waals surface area contributed by atoms with Crippen molar-refractivity contribution in [3.63, 3.8) is 0 Å². The number of allylic oxidation sites excluding steroid dienone is 1. The molecule has 2 heterocycles. The van der Waals surface area contributed by atoms with Crippen LogP contribution in [0.2, 0.25) is 10.0 Å². The van der Waals surface area contributed by atoms with Crippen LogP contribution >= 0.6 is 46.3 Å². The number of hydrogen-bond acceptors (Lipinski definition) is 7. The van der Waals surface area contributed by atoms with Crippen molar-refractivity contribution in [2.24, 2.45) is 0 Å². The largest absolute Gasteiger partial charge is 0.342 e. The van der Waals surface area contributed by atoms with Crippen LogP contribution in [0.4, 0.5) is 5.13 Å². The Morgan fingerprint density at radius 2 is 1.97 bits per heavy atom. The van der Waals surface area contributed by atoms with Crippen molar-refractivity contribution in [1.82, 2.24) is 25.1 Å². The van der Waals surface area contributed by atoms with Gasteiger partial charge < -0.3 is 15.2 Å². The Morgan fingerprint density at radius 3 is 2.70 bits per heavy atom. The van der Waals surface area contributed by atoms with Gasteiger partial charge in [0.1, 0.15) is 0 Å². The van der Waals surface area contributed by atoms with Crippen LogP contribution in [0.5, 0.6) is 0 Å². The summed E-state index contributed by atoms with van der Waals surface area (Å²) in [5, 5.41) is 17.8. The van der Waals surface area contributed by atoms with Crippen molar-refractivity contribution >= 4 is 63.2 Å². The third-order valence-electron chi connectivity index (χ3n) is 5.12. The molecule has 0 fully saturated rings. The van der Waals surface area contributed by atoms with Gasteiger partial charge in [0.2, 0.25) is 5.91 Å². The predicted octanol–water partition coefficient (Wildman–Crippen LogP) is 6.12. The average molecular weight is 574 g/mol. The van der Waals surface area contributed by atoms with Crippen LogP contribution in [0.3, 0.4) is 0 Å². The van der Waals surface area contributed by atoms with E-state index in [1.807, 2.05) is 35.7 Å². The Bertz CT molecular complexity index is 1420. The molecule has 8 nitrogen and oxygen atoms in total. The van der Waals surface area contributed by atoms with Gasteiger partial charge in [-0.2, -0.15) is 0 Å². The molecule has 37 heavy (non-hydrogen) atoms. The summed E-state index contributed by atoms with van der Waals surface area (Å²) < 4.78 is 1.80. The zero-order chi connectivity index (χ0) is 26.4. The van der Waals surface area contributed by atoms with Crippen LogP contribution < -0.4 is 10.6 Å². The fourth-order valence-electron chi connectivity index (χ4n) is 3.40. The van der Waals surface area contributed by atoms with E-state index in [0.29, 0.717) is 33.2 Å². The van der Waals surface area contributed by atoms with Gasteiger partial charge in [-0.15, -0.1) is 28.1 Å².